The molecule has 4 nitrogen and oxygen atoms in total. The number of benzene rings is 1. The SMILES string of the molecule is CCOc1ccnc2ccc(C=C3SC(=S)NC3=O)cc12. The van der Waals surface area contributed by atoms with E-state index in [0.717, 1.165) is 22.2 Å². The van der Waals surface area contributed by atoms with Crippen molar-refractivity contribution < 1.29 is 9.53 Å². The van der Waals surface area contributed by atoms with Crippen molar-refractivity contribution >= 4 is 51.2 Å². The van der Waals surface area contributed by atoms with Gasteiger partial charge in [-0.15, -0.1) is 0 Å². The molecule has 1 fully saturated rings. The van der Waals surface area contributed by atoms with E-state index in [1.54, 1.807) is 6.20 Å². The van der Waals surface area contributed by atoms with Crippen LogP contribution in [0.2, 0.25) is 0 Å². The van der Waals surface area contributed by atoms with Gasteiger partial charge in [-0.1, -0.05) is 30.0 Å². The first-order chi connectivity index (χ1) is 10.2. The molecule has 1 saturated heterocycles. The number of thioether (sulfide) groups is 1. The molecule has 3 rings (SSSR count). The molecular weight excluding hydrogens is 304 g/mol. The van der Waals surface area contributed by atoms with Crippen LogP contribution < -0.4 is 10.1 Å². The molecule has 1 aromatic heterocycles. The minimum Gasteiger partial charge on any atom is -0.493 e. The first-order valence-electron chi connectivity index (χ1n) is 6.44. The largest absolute Gasteiger partial charge is 0.493 e. The molecule has 1 N–H and O–H groups in total. The molecule has 1 amide bonds. The highest BCUT2D eigenvalue weighted by atomic mass is 32.2. The van der Waals surface area contributed by atoms with Gasteiger partial charge in [0.15, 0.2) is 0 Å². The van der Waals surface area contributed by atoms with Crippen LogP contribution in [0.5, 0.6) is 5.75 Å². The molecule has 6 heteroatoms. The summed E-state index contributed by atoms with van der Waals surface area (Å²) in [5.41, 5.74) is 1.78. The van der Waals surface area contributed by atoms with Crippen LogP contribution >= 0.6 is 24.0 Å². The fraction of sp³-hybridized carbons (Fsp3) is 0.133. The third kappa shape index (κ3) is 2.91. The number of ether oxygens (including phenoxy) is 1. The summed E-state index contributed by atoms with van der Waals surface area (Å²) in [5, 5.41) is 3.54. The van der Waals surface area contributed by atoms with Crippen molar-refractivity contribution in [1.82, 2.24) is 10.3 Å². The van der Waals surface area contributed by atoms with Crippen LogP contribution in [-0.4, -0.2) is 21.8 Å². The monoisotopic (exact) mass is 316 g/mol. The lowest BCUT2D eigenvalue weighted by Crippen LogP contribution is -2.17. The lowest BCUT2D eigenvalue weighted by molar-refractivity contribution is -0.115. The molecule has 0 spiro atoms. The number of hydrogen-bond donors (Lipinski definition) is 1. The van der Waals surface area contributed by atoms with Gasteiger partial charge in [0.05, 0.1) is 17.0 Å². The van der Waals surface area contributed by atoms with Crippen molar-refractivity contribution in [3.05, 3.63) is 40.9 Å². The van der Waals surface area contributed by atoms with E-state index in [1.165, 1.54) is 11.8 Å². The van der Waals surface area contributed by atoms with Crippen LogP contribution in [0.15, 0.2) is 35.4 Å². The molecule has 1 aliphatic rings. The van der Waals surface area contributed by atoms with Crippen LogP contribution in [0, 0.1) is 0 Å². The Morgan fingerprint density at radius 1 is 1.43 bits per heavy atom. The predicted octanol–water partition coefficient (Wildman–Crippen LogP) is 3.12. The van der Waals surface area contributed by atoms with E-state index in [0.29, 0.717) is 15.8 Å². The molecule has 2 heterocycles. The lowest BCUT2D eigenvalue weighted by Gasteiger charge is -2.07. The molecule has 0 saturated carbocycles. The third-order valence-corrected chi connectivity index (χ3v) is 4.13. The Labute approximate surface area is 131 Å². The summed E-state index contributed by atoms with van der Waals surface area (Å²) in [5.74, 6) is 0.642. The maximum atomic E-state index is 11.7. The molecule has 21 heavy (non-hydrogen) atoms. The second-order valence-electron chi connectivity index (χ2n) is 4.37. The first-order valence-corrected chi connectivity index (χ1v) is 7.66. The topological polar surface area (TPSA) is 51.2 Å². The third-order valence-electron chi connectivity index (χ3n) is 2.97. The number of thiocarbonyl (C=S) groups is 1. The van der Waals surface area contributed by atoms with Crippen molar-refractivity contribution in [3.63, 3.8) is 0 Å². The standard InChI is InChI=1S/C15H12N2O2S2/c1-2-19-12-5-6-16-11-4-3-9(7-10(11)12)8-13-14(18)17-15(20)21-13/h3-8H,2H2,1H3,(H,17,18,20). The highest BCUT2D eigenvalue weighted by Crippen LogP contribution is 2.29. The van der Waals surface area contributed by atoms with Gasteiger partial charge in [-0.25, -0.2) is 0 Å². The Kier molecular flexibility index (Phi) is 3.90. The van der Waals surface area contributed by atoms with Crippen molar-refractivity contribution in [2.45, 2.75) is 6.92 Å². The van der Waals surface area contributed by atoms with Crippen LogP contribution in [0.25, 0.3) is 17.0 Å². The molecule has 0 atom stereocenters. The van der Waals surface area contributed by atoms with Gasteiger partial charge < -0.3 is 10.1 Å². The van der Waals surface area contributed by atoms with Crippen molar-refractivity contribution in [1.29, 1.82) is 0 Å². The fourth-order valence-corrected chi connectivity index (χ4v) is 3.13. The summed E-state index contributed by atoms with van der Waals surface area (Å²) in [6.45, 7) is 2.54. The second kappa shape index (κ2) is 5.83. The molecule has 0 unspecified atom stereocenters. The van der Waals surface area contributed by atoms with Crippen molar-refractivity contribution in [2.24, 2.45) is 0 Å². The zero-order valence-electron chi connectivity index (χ0n) is 11.3. The first kappa shape index (κ1) is 14.0. The minimum absolute atomic E-state index is 0.152. The van der Waals surface area contributed by atoms with E-state index in [4.69, 9.17) is 17.0 Å². The van der Waals surface area contributed by atoms with Gasteiger partial charge in [-0.05, 0) is 36.8 Å². The van der Waals surface area contributed by atoms with Gasteiger partial charge in [0.2, 0.25) is 0 Å². The molecule has 0 aliphatic carbocycles. The van der Waals surface area contributed by atoms with Gasteiger partial charge in [-0.3, -0.25) is 9.78 Å². The van der Waals surface area contributed by atoms with Crippen LogP contribution in [0.1, 0.15) is 12.5 Å². The normalized spacial score (nSPS) is 16.5. The highest BCUT2D eigenvalue weighted by Gasteiger charge is 2.21. The number of hydrogen-bond acceptors (Lipinski definition) is 5. The zero-order valence-corrected chi connectivity index (χ0v) is 12.9. The number of nitrogens with zero attached hydrogens (tertiary/aromatic N) is 1. The predicted molar refractivity (Wildman–Crippen MR) is 89.2 cm³/mol. The van der Waals surface area contributed by atoms with E-state index < -0.39 is 0 Å². The summed E-state index contributed by atoms with van der Waals surface area (Å²) in [4.78, 5) is 16.6. The Bertz CT molecular complexity index is 771. The number of amides is 1. The summed E-state index contributed by atoms with van der Waals surface area (Å²) in [6.07, 6.45) is 3.55. The fourth-order valence-electron chi connectivity index (χ4n) is 2.08. The number of carbonyl (C=O) groups excluding carboxylic acids is 1. The van der Waals surface area contributed by atoms with Crippen molar-refractivity contribution in [2.75, 3.05) is 6.61 Å². The molecule has 2 aromatic rings. The highest BCUT2D eigenvalue weighted by molar-refractivity contribution is 8.26. The Hall–Kier alpha value is -1.92. The minimum atomic E-state index is -0.152. The van der Waals surface area contributed by atoms with E-state index in [1.807, 2.05) is 37.3 Å². The van der Waals surface area contributed by atoms with Gasteiger partial charge in [0.1, 0.15) is 10.1 Å². The van der Waals surface area contributed by atoms with Gasteiger partial charge in [0.25, 0.3) is 5.91 Å². The molecule has 1 aromatic carbocycles. The lowest BCUT2D eigenvalue weighted by atomic mass is 10.1. The number of nitrogens with one attached hydrogen (secondary N) is 1. The Morgan fingerprint density at radius 2 is 2.29 bits per heavy atom. The number of rotatable bonds is 3. The quantitative estimate of drug-likeness (QED) is 0.696. The molecule has 0 bridgehead atoms. The summed E-state index contributed by atoms with van der Waals surface area (Å²) >= 11 is 6.26. The van der Waals surface area contributed by atoms with E-state index in [9.17, 15) is 4.79 Å². The van der Waals surface area contributed by atoms with E-state index >= 15 is 0 Å². The van der Waals surface area contributed by atoms with Gasteiger partial charge in [-0.2, -0.15) is 0 Å². The number of fused-ring (bicyclic) bond motifs is 1. The number of pyridine rings is 1. The average molecular weight is 316 g/mol. The maximum Gasteiger partial charge on any atom is 0.263 e. The average Bonchev–Trinajstić information content (AvgIpc) is 2.78. The molecule has 106 valence electrons. The number of aromatic nitrogens is 1. The smallest absolute Gasteiger partial charge is 0.263 e. The van der Waals surface area contributed by atoms with Crippen LogP contribution in [-0.2, 0) is 4.79 Å². The Morgan fingerprint density at radius 3 is 3.00 bits per heavy atom. The van der Waals surface area contributed by atoms with Gasteiger partial charge in [0, 0.05) is 11.6 Å². The Balaban J connectivity index is 2.04. The second-order valence-corrected chi connectivity index (χ2v) is 6.09. The number of carbonyl (C=O) groups is 1. The van der Waals surface area contributed by atoms with Gasteiger partial charge >= 0.3 is 0 Å². The molecule has 0 radical (unpaired) electrons. The summed E-state index contributed by atoms with van der Waals surface area (Å²) in [7, 11) is 0. The van der Waals surface area contributed by atoms with Crippen molar-refractivity contribution in [3.8, 4) is 5.75 Å². The zero-order chi connectivity index (χ0) is 14.8. The van der Waals surface area contributed by atoms with E-state index in [-0.39, 0.29) is 5.91 Å². The maximum absolute atomic E-state index is 11.7. The summed E-state index contributed by atoms with van der Waals surface area (Å²) in [6, 6.07) is 7.65. The molecule has 1 aliphatic heterocycles. The van der Waals surface area contributed by atoms with Crippen LogP contribution in [0.4, 0.5) is 0 Å². The van der Waals surface area contributed by atoms with Crippen LogP contribution in [0.3, 0.4) is 0 Å². The summed E-state index contributed by atoms with van der Waals surface area (Å²) < 4.78 is 6.11. The molecular formula is C15H12N2O2S2. The van der Waals surface area contributed by atoms with E-state index in [2.05, 4.69) is 10.3 Å².